The topological polar surface area (TPSA) is 81.9 Å². The van der Waals surface area contributed by atoms with Gasteiger partial charge in [0.2, 0.25) is 0 Å². The lowest BCUT2D eigenvalue weighted by molar-refractivity contribution is 0.234. The molecule has 0 unspecified atom stereocenters. The number of allylic oxidation sites excluding steroid dienone is 3. The average molecular weight is 371 g/mol. The second-order valence-corrected chi connectivity index (χ2v) is 6.53. The summed E-state index contributed by atoms with van der Waals surface area (Å²) >= 11 is 1.34. The summed E-state index contributed by atoms with van der Waals surface area (Å²) in [4.78, 5) is 27.0. The second-order valence-electron chi connectivity index (χ2n) is 5.53. The molecule has 0 aromatic carbocycles. The molecule has 0 bridgehead atoms. The Kier molecular flexibility index (Phi) is 5.75. The third-order valence-electron chi connectivity index (χ3n) is 3.77. The fourth-order valence-corrected chi connectivity index (χ4v) is 3.70. The maximum atomic E-state index is 13.1. The number of thiophene rings is 1. The van der Waals surface area contributed by atoms with Gasteiger partial charge < -0.3 is 10.1 Å². The molecule has 0 spiro atoms. The Hall–Kier alpha value is -2.58. The molecule has 0 aliphatic carbocycles. The van der Waals surface area contributed by atoms with Gasteiger partial charge in [-0.25, -0.2) is 15.0 Å². The quantitative estimate of drug-likeness (QED) is 0.642. The van der Waals surface area contributed by atoms with Crippen LogP contribution < -0.4 is 10.9 Å². The second kappa shape index (κ2) is 8.20. The van der Waals surface area contributed by atoms with Crippen LogP contribution in [0.2, 0.25) is 0 Å². The molecule has 0 fully saturated rings. The van der Waals surface area contributed by atoms with Crippen molar-refractivity contribution in [3.63, 3.8) is 0 Å². The Morgan fingerprint density at radius 3 is 2.92 bits per heavy atom. The molecule has 0 atom stereocenters. The zero-order chi connectivity index (χ0) is 18.5. The first-order valence-corrected chi connectivity index (χ1v) is 9.27. The predicted octanol–water partition coefficient (Wildman–Crippen LogP) is 3.29. The van der Waals surface area contributed by atoms with E-state index in [1.54, 1.807) is 18.0 Å². The van der Waals surface area contributed by atoms with E-state index < -0.39 is 0 Å². The first-order valence-electron chi connectivity index (χ1n) is 8.46. The van der Waals surface area contributed by atoms with Gasteiger partial charge in [-0.15, -0.1) is 11.3 Å². The number of hydrogen-bond acceptors (Lipinski definition) is 7. The fourth-order valence-electron chi connectivity index (χ4n) is 2.67. The molecule has 3 aromatic heterocycles. The maximum Gasteiger partial charge on any atom is 0.275 e. The number of hydrogen-bond donors (Lipinski definition) is 1. The third kappa shape index (κ3) is 3.38. The van der Waals surface area contributed by atoms with Crippen molar-refractivity contribution in [1.82, 2.24) is 19.5 Å². The highest BCUT2D eigenvalue weighted by atomic mass is 32.1. The molecule has 3 aromatic rings. The van der Waals surface area contributed by atoms with E-state index in [0.717, 1.165) is 28.9 Å². The zero-order valence-corrected chi connectivity index (χ0v) is 15.8. The SMILES string of the molecule is CC/C=C(\C=C/COC)n1cnc2c(sc3ncnc(NCC)c32)c1=O. The van der Waals surface area contributed by atoms with Gasteiger partial charge in [0.15, 0.2) is 0 Å². The lowest BCUT2D eigenvalue weighted by Crippen LogP contribution is -2.18. The van der Waals surface area contributed by atoms with E-state index in [2.05, 4.69) is 20.3 Å². The molecule has 3 heterocycles. The molecular weight excluding hydrogens is 350 g/mol. The first kappa shape index (κ1) is 18.2. The summed E-state index contributed by atoms with van der Waals surface area (Å²) < 4.78 is 7.18. The van der Waals surface area contributed by atoms with Crippen LogP contribution in [0.25, 0.3) is 26.1 Å². The van der Waals surface area contributed by atoms with Gasteiger partial charge in [-0.1, -0.05) is 19.1 Å². The summed E-state index contributed by atoms with van der Waals surface area (Å²) in [5.41, 5.74) is 1.31. The Labute approximate surface area is 155 Å². The van der Waals surface area contributed by atoms with Crippen LogP contribution in [0.5, 0.6) is 0 Å². The molecule has 0 saturated carbocycles. The minimum atomic E-state index is -0.109. The maximum absolute atomic E-state index is 13.1. The van der Waals surface area contributed by atoms with Crippen molar-refractivity contribution in [3.05, 3.63) is 41.2 Å². The number of nitrogens with one attached hydrogen (secondary N) is 1. The highest BCUT2D eigenvalue weighted by Crippen LogP contribution is 2.32. The van der Waals surface area contributed by atoms with Crippen molar-refractivity contribution in [3.8, 4) is 0 Å². The summed E-state index contributed by atoms with van der Waals surface area (Å²) in [5, 5.41) is 4.01. The molecule has 0 radical (unpaired) electrons. The van der Waals surface area contributed by atoms with E-state index in [1.165, 1.54) is 17.7 Å². The van der Waals surface area contributed by atoms with Crippen molar-refractivity contribution in [1.29, 1.82) is 0 Å². The number of rotatable bonds is 7. The molecule has 3 rings (SSSR count). The van der Waals surface area contributed by atoms with Gasteiger partial charge in [0.05, 0.1) is 12.0 Å². The number of aromatic nitrogens is 4. The number of ether oxygens (including phenoxy) is 1. The predicted molar refractivity (Wildman–Crippen MR) is 107 cm³/mol. The normalized spacial score (nSPS) is 12.5. The molecule has 8 heteroatoms. The molecule has 26 heavy (non-hydrogen) atoms. The minimum Gasteiger partial charge on any atom is -0.381 e. The summed E-state index contributed by atoms with van der Waals surface area (Å²) in [6, 6.07) is 0. The average Bonchev–Trinajstić information content (AvgIpc) is 3.03. The Morgan fingerprint density at radius 1 is 1.35 bits per heavy atom. The van der Waals surface area contributed by atoms with Gasteiger partial charge in [0.25, 0.3) is 5.56 Å². The number of nitrogens with zero attached hydrogens (tertiary/aromatic N) is 4. The number of methoxy groups -OCH3 is 1. The summed E-state index contributed by atoms with van der Waals surface area (Å²) in [6.07, 6.45) is 9.61. The fraction of sp³-hybridized carbons (Fsp3) is 0.333. The Bertz CT molecular complexity index is 1040. The smallest absolute Gasteiger partial charge is 0.275 e. The van der Waals surface area contributed by atoms with Gasteiger partial charge in [-0.2, -0.15) is 0 Å². The first-order chi connectivity index (χ1) is 12.7. The van der Waals surface area contributed by atoms with Crippen LogP contribution in [0.1, 0.15) is 20.3 Å². The van der Waals surface area contributed by atoms with Crippen molar-refractivity contribution in [2.45, 2.75) is 20.3 Å². The van der Waals surface area contributed by atoms with E-state index in [4.69, 9.17) is 4.74 Å². The molecule has 0 amide bonds. The standard InChI is InChI=1S/C18H21N5O2S/c1-4-7-12(8-6-9-25-3)23-11-22-14-13-16(19-5-2)20-10-21-17(13)26-15(14)18(23)24/h6-8,10-11H,4-5,9H2,1-3H3,(H,19,20,21)/b8-6-,12-7+. The monoisotopic (exact) mass is 371 g/mol. The minimum absolute atomic E-state index is 0.109. The molecule has 7 nitrogen and oxygen atoms in total. The van der Waals surface area contributed by atoms with E-state index in [9.17, 15) is 4.79 Å². The van der Waals surface area contributed by atoms with Crippen molar-refractivity contribution in [2.24, 2.45) is 0 Å². The van der Waals surface area contributed by atoms with Crippen LogP contribution in [0.4, 0.5) is 5.82 Å². The van der Waals surface area contributed by atoms with Crippen LogP contribution in [-0.2, 0) is 4.74 Å². The van der Waals surface area contributed by atoms with Crippen molar-refractivity contribution >= 4 is 43.3 Å². The molecule has 1 N–H and O–H groups in total. The Balaban J connectivity index is 2.20. The number of anilines is 1. The van der Waals surface area contributed by atoms with Gasteiger partial charge >= 0.3 is 0 Å². The largest absolute Gasteiger partial charge is 0.381 e. The highest BCUT2D eigenvalue weighted by Gasteiger charge is 2.16. The Morgan fingerprint density at radius 2 is 2.19 bits per heavy atom. The third-order valence-corrected chi connectivity index (χ3v) is 4.84. The molecule has 0 aliphatic heterocycles. The molecule has 0 saturated heterocycles. The van der Waals surface area contributed by atoms with Crippen molar-refractivity contribution < 1.29 is 4.74 Å². The van der Waals surface area contributed by atoms with Crippen LogP contribution in [0, 0.1) is 0 Å². The van der Waals surface area contributed by atoms with Crippen LogP contribution in [0.3, 0.4) is 0 Å². The van der Waals surface area contributed by atoms with Gasteiger partial charge in [-0.3, -0.25) is 9.36 Å². The molecule has 0 aliphatic rings. The highest BCUT2D eigenvalue weighted by molar-refractivity contribution is 7.25. The lowest BCUT2D eigenvalue weighted by Gasteiger charge is -2.07. The summed E-state index contributed by atoms with van der Waals surface area (Å²) in [5.74, 6) is 0.706. The summed E-state index contributed by atoms with van der Waals surface area (Å²) in [6.45, 7) is 5.24. The van der Waals surface area contributed by atoms with E-state index in [-0.39, 0.29) is 5.56 Å². The lowest BCUT2D eigenvalue weighted by atomic mass is 10.3. The van der Waals surface area contributed by atoms with E-state index >= 15 is 0 Å². The van der Waals surface area contributed by atoms with Crippen LogP contribution in [-0.4, -0.2) is 39.8 Å². The van der Waals surface area contributed by atoms with Crippen LogP contribution in [0.15, 0.2) is 35.7 Å². The van der Waals surface area contributed by atoms with Gasteiger partial charge in [0.1, 0.15) is 33.5 Å². The van der Waals surface area contributed by atoms with E-state index in [1.807, 2.05) is 32.1 Å². The summed E-state index contributed by atoms with van der Waals surface area (Å²) in [7, 11) is 1.63. The van der Waals surface area contributed by atoms with Crippen LogP contribution >= 0.6 is 11.3 Å². The molecular formula is C18H21N5O2S. The van der Waals surface area contributed by atoms with Gasteiger partial charge in [0, 0.05) is 19.4 Å². The van der Waals surface area contributed by atoms with Gasteiger partial charge in [-0.05, 0) is 19.4 Å². The number of fused-ring (bicyclic) bond motifs is 3. The van der Waals surface area contributed by atoms with Crippen molar-refractivity contribution in [2.75, 3.05) is 25.6 Å². The van der Waals surface area contributed by atoms with E-state index in [0.29, 0.717) is 22.6 Å². The molecule has 136 valence electrons. The zero-order valence-electron chi connectivity index (χ0n) is 15.0.